The van der Waals surface area contributed by atoms with Crippen LogP contribution in [0.15, 0.2) is 66.7 Å². The SMILES string of the molecule is CCOc1cc(NC(=O)c2ccccc2OCC)c(OCC)cc1NC(=O)c1ccccc1. The van der Waals surface area contributed by atoms with Crippen LogP contribution in [-0.2, 0) is 0 Å². The Morgan fingerprint density at radius 1 is 0.636 bits per heavy atom. The maximum absolute atomic E-state index is 13.0. The highest BCUT2D eigenvalue weighted by Crippen LogP contribution is 2.37. The molecule has 2 N–H and O–H groups in total. The summed E-state index contributed by atoms with van der Waals surface area (Å²) < 4.78 is 17.1. The molecule has 0 unspecified atom stereocenters. The van der Waals surface area contributed by atoms with Gasteiger partial charge in [-0.3, -0.25) is 9.59 Å². The first-order valence-electron chi connectivity index (χ1n) is 10.9. The van der Waals surface area contributed by atoms with E-state index in [1.165, 1.54) is 0 Å². The smallest absolute Gasteiger partial charge is 0.259 e. The fraction of sp³-hybridized carbons (Fsp3) is 0.231. The van der Waals surface area contributed by atoms with Crippen molar-refractivity contribution in [2.45, 2.75) is 20.8 Å². The molecule has 3 aromatic rings. The summed E-state index contributed by atoms with van der Waals surface area (Å²) in [6.07, 6.45) is 0. The summed E-state index contributed by atoms with van der Waals surface area (Å²) in [5, 5.41) is 5.76. The van der Waals surface area contributed by atoms with Gasteiger partial charge in [0.2, 0.25) is 0 Å². The maximum atomic E-state index is 13.0. The lowest BCUT2D eigenvalue weighted by Gasteiger charge is -2.18. The van der Waals surface area contributed by atoms with Gasteiger partial charge in [0.1, 0.15) is 17.2 Å². The van der Waals surface area contributed by atoms with Crippen LogP contribution in [0.25, 0.3) is 0 Å². The van der Waals surface area contributed by atoms with Crippen molar-refractivity contribution >= 4 is 23.2 Å². The van der Waals surface area contributed by atoms with Crippen LogP contribution in [0.5, 0.6) is 17.2 Å². The zero-order valence-corrected chi connectivity index (χ0v) is 19.0. The Bertz CT molecular complexity index is 1100. The number of carbonyl (C=O) groups is 2. The second kappa shape index (κ2) is 11.6. The van der Waals surface area contributed by atoms with Gasteiger partial charge in [-0.2, -0.15) is 0 Å². The second-order valence-corrected chi connectivity index (χ2v) is 6.91. The molecule has 0 aliphatic heterocycles. The minimum atomic E-state index is -0.344. The summed E-state index contributed by atoms with van der Waals surface area (Å²) in [6, 6.07) is 19.2. The van der Waals surface area contributed by atoms with Gasteiger partial charge < -0.3 is 24.8 Å². The molecule has 0 saturated carbocycles. The predicted octanol–water partition coefficient (Wildman–Crippen LogP) is 5.39. The number of ether oxygens (including phenoxy) is 3. The molecule has 0 aromatic heterocycles. The third kappa shape index (κ3) is 6.04. The molecule has 33 heavy (non-hydrogen) atoms. The molecule has 7 nitrogen and oxygen atoms in total. The molecule has 0 heterocycles. The van der Waals surface area contributed by atoms with Crippen molar-refractivity contribution in [2.75, 3.05) is 30.5 Å². The average Bonchev–Trinajstić information content (AvgIpc) is 2.83. The first kappa shape index (κ1) is 23.7. The molecule has 0 spiro atoms. The molecule has 3 rings (SSSR count). The fourth-order valence-electron chi connectivity index (χ4n) is 3.21. The number of hydrogen-bond donors (Lipinski definition) is 2. The van der Waals surface area contributed by atoms with Gasteiger partial charge in [-0.25, -0.2) is 0 Å². The van der Waals surface area contributed by atoms with Crippen LogP contribution in [0.2, 0.25) is 0 Å². The van der Waals surface area contributed by atoms with Crippen LogP contribution >= 0.6 is 0 Å². The van der Waals surface area contributed by atoms with Crippen molar-refractivity contribution in [3.63, 3.8) is 0 Å². The molecule has 0 atom stereocenters. The van der Waals surface area contributed by atoms with E-state index in [0.29, 0.717) is 59.6 Å². The highest BCUT2D eigenvalue weighted by Gasteiger charge is 2.19. The molecule has 3 aromatic carbocycles. The Morgan fingerprint density at radius 2 is 1.12 bits per heavy atom. The summed E-state index contributed by atoms with van der Waals surface area (Å²) in [5.74, 6) is 0.697. The first-order valence-corrected chi connectivity index (χ1v) is 10.9. The van der Waals surface area contributed by atoms with E-state index in [0.717, 1.165) is 0 Å². The van der Waals surface area contributed by atoms with E-state index in [4.69, 9.17) is 14.2 Å². The predicted molar refractivity (Wildman–Crippen MR) is 129 cm³/mol. The number of nitrogens with one attached hydrogen (secondary N) is 2. The lowest BCUT2D eigenvalue weighted by Crippen LogP contribution is -2.16. The average molecular weight is 449 g/mol. The summed E-state index contributed by atoms with van der Waals surface area (Å²) >= 11 is 0. The van der Waals surface area contributed by atoms with Gasteiger partial charge in [-0.15, -0.1) is 0 Å². The maximum Gasteiger partial charge on any atom is 0.259 e. The van der Waals surface area contributed by atoms with Crippen LogP contribution in [0.3, 0.4) is 0 Å². The lowest BCUT2D eigenvalue weighted by molar-refractivity contribution is 0.101. The molecule has 7 heteroatoms. The molecule has 0 aliphatic rings. The molecular formula is C26H28N2O5. The highest BCUT2D eigenvalue weighted by molar-refractivity contribution is 6.08. The number of anilines is 2. The Labute approximate surface area is 193 Å². The van der Waals surface area contributed by atoms with Crippen molar-refractivity contribution in [1.29, 1.82) is 0 Å². The van der Waals surface area contributed by atoms with Crippen LogP contribution in [0.4, 0.5) is 11.4 Å². The van der Waals surface area contributed by atoms with E-state index in [9.17, 15) is 9.59 Å². The summed E-state index contributed by atoms with van der Waals surface area (Å²) in [4.78, 5) is 25.7. The molecule has 172 valence electrons. The molecule has 0 bridgehead atoms. The largest absolute Gasteiger partial charge is 0.493 e. The van der Waals surface area contributed by atoms with Gasteiger partial charge in [0.05, 0.1) is 36.8 Å². The molecule has 0 fully saturated rings. The van der Waals surface area contributed by atoms with Crippen molar-refractivity contribution in [3.05, 3.63) is 77.9 Å². The Morgan fingerprint density at radius 3 is 1.70 bits per heavy atom. The molecule has 2 amide bonds. The molecule has 0 aliphatic carbocycles. The zero-order valence-electron chi connectivity index (χ0n) is 19.0. The van der Waals surface area contributed by atoms with E-state index in [1.54, 1.807) is 54.6 Å². The third-order valence-electron chi connectivity index (χ3n) is 4.65. The summed E-state index contributed by atoms with van der Waals surface area (Å²) in [6.45, 7) is 6.74. The summed E-state index contributed by atoms with van der Waals surface area (Å²) in [5.41, 5.74) is 1.79. The third-order valence-corrected chi connectivity index (χ3v) is 4.65. The second-order valence-electron chi connectivity index (χ2n) is 6.91. The van der Waals surface area contributed by atoms with Crippen molar-refractivity contribution in [2.24, 2.45) is 0 Å². The monoisotopic (exact) mass is 448 g/mol. The Balaban J connectivity index is 1.94. The van der Waals surface area contributed by atoms with Gasteiger partial charge in [0.25, 0.3) is 11.8 Å². The van der Waals surface area contributed by atoms with Crippen molar-refractivity contribution < 1.29 is 23.8 Å². The van der Waals surface area contributed by atoms with Crippen LogP contribution in [0, 0.1) is 0 Å². The quantitative estimate of drug-likeness (QED) is 0.434. The fourth-order valence-corrected chi connectivity index (χ4v) is 3.21. The minimum absolute atomic E-state index is 0.276. The van der Waals surface area contributed by atoms with Gasteiger partial charge >= 0.3 is 0 Å². The van der Waals surface area contributed by atoms with Crippen LogP contribution in [0.1, 0.15) is 41.5 Å². The lowest BCUT2D eigenvalue weighted by atomic mass is 10.1. The van der Waals surface area contributed by atoms with Gasteiger partial charge in [-0.1, -0.05) is 30.3 Å². The Hall–Kier alpha value is -4.00. The Kier molecular flexibility index (Phi) is 8.30. The topological polar surface area (TPSA) is 85.9 Å². The number of rotatable bonds is 10. The van der Waals surface area contributed by atoms with Gasteiger partial charge in [0, 0.05) is 17.7 Å². The van der Waals surface area contributed by atoms with E-state index >= 15 is 0 Å². The molecule has 0 radical (unpaired) electrons. The number of benzene rings is 3. The number of amides is 2. The minimum Gasteiger partial charge on any atom is -0.493 e. The zero-order chi connectivity index (χ0) is 23.6. The van der Waals surface area contributed by atoms with Crippen molar-refractivity contribution in [1.82, 2.24) is 0 Å². The number of para-hydroxylation sites is 1. The van der Waals surface area contributed by atoms with E-state index in [-0.39, 0.29) is 11.8 Å². The number of carbonyl (C=O) groups excluding carboxylic acids is 2. The van der Waals surface area contributed by atoms with E-state index in [1.807, 2.05) is 32.9 Å². The number of hydrogen-bond acceptors (Lipinski definition) is 5. The van der Waals surface area contributed by atoms with E-state index in [2.05, 4.69) is 10.6 Å². The normalized spacial score (nSPS) is 10.3. The first-order chi connectivity index (χ1) is 16.1. The van der Waals surface area contributed by atoms with Crippen LogP contribution in [-0.4, -0.2) is 31.6 Å². The van der Waals surface area contributed by atoms with Gasteiger partial charge in [0.15, 0.2) is 0 Å². The molecular weight excluding hydrogens is 420 g/mol. The molecule has 0 saturated heterocycles. The standard InChI is InChI=1S/C26H28N2O5/c1-4-31-22-15-11-10-14-19(22)26(30)28-21-17-23(32-5-2)20(16-24(21)33-6-3)27-25(29)18-12-8-7-9-13-18/h7-17H,4-6H2,1-3H3,(H,27,29)(H,28,30). The highest BCUT2D eigenvalue weighted by atomic mass is 16.5. The summed E-state index contributed by atoms with van der Waals surface area (Å²) in [7, 11) is 0. The van der Waals surface area contributed by atoms with Crippen LogP contribution < -0.4 is 24.8 Å². The van der Waals surface area contributed by atoms with E-state index < -0.39 is 0 Å². The van der Waals surface area contributed by atoms with Gasteiger partial charge in [-0.05, 0) is 45.0 Å². The van der Waals surface area contributed by atoms with Crippen molar-refractivity contribution in [3.8, 4) is 17.2 Å².